The predicted octanol–water partition coefficient (Wildman–Crippen LogP) is 3.08. The van der Waals surface area contributed by atoms with E-state index in [1.165, 1.54) is 32.1 Å². The monoisotopic (exact) mass is 316 g/mol. The molecule has 3 rings (SSSR count). The second-order valence-corrected chi connectivity index (χ2v) is 6.74. The maximum absolute atomic E-state index is 12.5. The average molecular weight is 316 g/mol. The van der Waals surface area contributed by atoms with Gasteiger partial charge in [0, 0.05) is 25.2 Å². The lowest BCUT2D eigenvalue weighted by molar-refractivity contribution is 0.0766. The van der Waals surface area contributed by atoms with Crippen molar-refractivity contribution in [3.8, 4) is 5.75 Å². The highest BCUT2D eigenvalue weighted by Crippen LogP contribution is 2.24. The van der Waals surface area contributed by atoms with Crippen LogP contribution in [0, 0.1) is 5.92 Å². The van der Waals surface area contributed by atoms with Crippen LogP contribution in [-0.4, -0.2) is 43.6 Å². The fourth-order valence-corrected chi connectivity index (χ4v) is 3.49. The first kappa shape index (κ1) is 16.3. The number of nitrogens with one attached hydrogen (secondary N) is 1. The van der Waals surface area contributed by atoms with Gasteiger partial charge in [0.15, 0.2) is 0 Å². The third-order valence-corrected chi connectivity index (χ3v) is 4.94. The molecule has 0 atom stereocenters. The summed E-state index contributed by atoms with van der Waals surface area (Å²) in [6, 6.07) is 7.67. The molecular weight excluding hydrogens is 288 g/mol. The maximum atomic E-state index is 12.5. The van der Waals surface area contributed by atoms with Crippen LogP contribution < -0.4 is 10.1 Å². The van der Waals surface area contributed by atoms with Gasteiger partial charge in [0.25, 0.3) is 5.91 Å². The van der Waals surface area contributed by atoms with Crippen LogP contribution in [0.1, 0.15) is 48.9 Å². The first-order valence-electron chi connectivity index (χ1n) is 9.06. The SMILES string of the molecule is O=C(c1ccc(OCC2CCCCC2)cc1)N1CCCNCC1. The van der Waals surface area contributed by atoms with Gasteiger partial charge < -0.3 is 15.0 Å². The van der Waals surface area contributed by atoms with E-state index >= 15 is 0 Å². The molecule has 0 aromatic heterocycles. The van der Waals surface area contributed by atoms with Crippen LogP contribution >= 0.6 is 0 Å². The number of ether oxygens (including phenoxy) is 1. The van der Waals surface area contributed by atoms with E-state index in [9.17, 15) is 4.79 Å². The minimum Gasteiger partial charge on any atom is -0.493 e. The van der Waals surface area contributed by atoms with Crippen LogP contribution in [0.5, 0.6) is 5.75 Å². The Balaban J connectivity index is 1.52. The molecule has 1 N–H and O–H groups in total. The molecule has 1 aromatic carbocycles. The first-order chi connectivity index (χ1) is 11.3. The smallest absolute Gasteiger partial charge is 0.253 e. The number of rotatable bonds is 4. The molecule has 2 fully saturated rings. The molecule has 1 heterocycles. The van der Waals surface area contributed by atoms with Gasteiger partial charge in [0.1, 0.15) is 5.75 Å². The van der Waals surface area contributed by atoms with Gasteiger partial charge in [-0.15, -0.1) is 0 Å². The summed E-state index contributed by atoms with van der Waals surface area (Å²) in [5, 5.41) is 3.33. The molecule has 126 valence electrons. The quantitative estimate of drug-likeness (QED) is 0.928. The third-order valence-electron chi connectivity index (χ3n) is 4.94. The Morgan fingerprint density at radius 3 is 2.61 bits per heavy atom. The number of amides is 1. The molecule has 1 saturated carbocycles. The fraction of sp³-hybridized carbons (Fsp3) is 0.632. The second kappa shape index (κ2) is 8.34. The third kappa shape index (κ3) is 4.71. The highest BCUT2D eigenvalue weighted by atomic mass is 16.5. The van der Waals surface area contributed by atoms with Gasteiger partial charge in [-0.3, -0.25) is 4.79 Å². The van der Waals surface area contributed by atoms with Gasteiger partial charge in [-0.2, -0.15) is 0 Å². The fourth-order valence-electron chi connectivity index (χ4n) is 3.49. The van der Waals surface area contributed by atoms with Crippen molar-refractivity contribution in [2.24, 2.45) is 5.92 Å². The summed E-state index contributed by atoms with van der Waals surface area (Å²) in [6.07, 6.45) is 7.66. The van der Waals surface area contributed by atoms with Crippen LogP contribution in [0.25, 0.3) is 0 Å². The molecule has 1 aliphatic carbocycles. The number of nitrogens with zero attached hydrogens (tertiary/aromatic N) is 1. The Kier molecular flexibility index (Phi) is 5.92. The number of hydrogen-bond donors (Lipinski definition) is 1. The second-order valence-electron chi connectivity index (χ2n) is 6.74. The first-order valence-corrected chi connectivity index (χ1v) is 9.06. The van der Waals surface area contributed by atoms with Gasteiger partial charge in [-0.1, -0.05) is 19.3 Å². The largest absolute Gasteiger partial charge is 0.493 e. The van der Waals surface area contributed by atoms with E-state index in [-0.39, 0.29) is 5.91 Å². The summed E-state index contributed by atoms with van der Waals surface area (Å²) in [6.45, 7) is 4.32. The zero-order chi connectivity index (χ0) is 15.9. The molecule has 0 spiro atoms. The molecule has 2 aliphatic rings. The molecule has 4 heteroatoms. The Hall–Kier alpha value is -1.55. The summed E-state index contributed by atoms with van der Waals surface area (Å²) >= 11 is 0. The number of benzene rings is 1. The predicted molar refractivity (Wildman–Crippen MR) is 91.9 cm³/mol. The summed E-state index contributed by atoms with van der Waals surface area (Å²) in [5.41, 5.74) is 0.761. The van der Waals surface area contributed by atoms with E-state index in [4.69, 9.17) is 4.74 Å². The minimum atomic E-state index is 0.132. The highest BCUT2D eigenvalue weighted by Gasteiger charge is 2.17. The lowest BCUT2D eigenvalue weighted by atomic mass is 9.90. The van der Waals surface area contributed by atoms with E-state index in [1.807, 2.05) is 29.2 Å². The Labute approximate surface area is 139 Å². The highest BCUT2D eigenvalue weighted by molar-refractivity contribution is 5.94. The van der Waals surface area contributed by atoms with Crippen LogP contribution in [0.3, 0.4) is 0 Å². The average Bonchev–Trinajstić information content (AvgIpc) is 2.90. The summed E-state index contributed by atoms with van der Waals surface area (Å²) < 4.78 is 5.91. The molecule has 0 unspecified atom stereocenters. The Morgan fingerprint density at radius 2 is 1.83 bits per heavy atom. The molecule has 1 aromatic rings. The summed E-state index contributed by atoms with van der Waals surface area (Å²) in [4.78, 5) is 14.5. The van der Waals surface area contributed by atoms with E-state index in [2.05, 4.69) is 5.32 Å². The molecule has 4 nitrogen and oxygen atoms in total. The molecule has 1 amide bonds. The van der Waals surface area contributed by atoms with E-state index in [0.29, 0.717) is 5.92 Å². The summed E-state index contributed by atoms with van der Waals surface area (Å²) in [5.74, 6) is 1.71. The molecule has 1 saturated heterocycles. The maximum Gasteiger partial charge on any atom is 0.253 e. The van der Waals surface area contributed by atoms with Crippen LogP contribution in [0.4, 0.5) is 0 Å². The van der Waals surface area contributed by atoms with Crippen LogP contribution in [-0.2, 0) is 0 Å². The Bertz CT molecular complexity index is 487. The lowest BCUT2D eigenvalue weighted by Crippen LogP contribution is -2.34. The van der Waals surface area contributed by atoms with E-state index < -0.39 is 0 Å². The van der Waals surface area contributed by atoms with E-state index in [0.717, 1.165) is 50.5 Å². The topological polar surface area (TPSA) is 41.6 Å². The lowest BCUT2D eigenvalue weighted by Gasteiger charge is -2.22. The van der Waals surface area contributed by atoms with Gasteiger partial charge in [0.2, 0.25) is 0 Å². The zero-order valence-electron chi connectivity index (χ0n) is 13.9. The number of hydrogen-bond acceptors (Lipinski definition) is 3. The number of carbonyl (C=O) groups excluding carboxylic acids is 1. The minimum absolute atomic E-state index is 0.132. The number of carbonyl (C=O) groups is 1. The standard InChI is InChI=1S/C19H28N2O2/c22-19(21-13-4-11-20-12-14-21)17-7-9-18(10-8-17)23-15-16-5-2-1-3-6-16/h7-10,16,20H,1-6,11-15H2. The van der Waals surface area contributed by atoms with Crippen molar-refractivity contribution in [2.45, 2.75) is 38.5 Å². The van der Waals surface area contributed by atoms with Crippen molar-refractivity contribution in [1.82, 2.24) is 10.2 Å². The van der Waals surface area contributed by atoms with Crippen LogP contribution in [0.15, 0.2) is 24.3 Å². The molecular formula is C19H28N2O2. The van der Waals surface area contributed by atoms with Crippen molar-refractivity contribution in [2.75, 3.05) is 32.8 Å². The molecule has 1 aliphatic heterocycles. The van der Waals surface area contributed by atoms with Gasteiger partial charge in [0.05, 0.1) is 6.61 Å². The normalized spacial score (nSPS) is 20.1. The van der Waals surface area contributed by atoms with Crippen molar-refractivity contribution in [1.29, 1.82) is 0 Å². The molecule has 0 bridgehead atoms. The van der Waals surface area contributed by atoms with E-state index in [1.54, 1.807) is 0 Å². The van der Waals surface area contributed by atoms with Gasteiger partial charge in [-0.25, -0.2) is 0 Å². The van der Waals surface area contributed by atoms with Gasteiger partial charge >= 0.3 is 0 Å². The summed E-state index contributed by atoms with van der Waals surface area (Å²) in [7, 11) is 0. The molecule has 23 heavy (non-hydrogen) atoms. The van der Waals surface area contributed by atoms with Crippen molar-refractivity contribution >= 4 is 5.91 Å². The van der Waals surface area contributed by atoms with Crippen LogP contribution in [0.2, 0.25) is 0 Å². The van der Waals surface area contributed by atoms with Crippen molar-refractivity contribution in [3.05, 3.63) is 29.8 Å². The zero-order valence-corrected chi connectivity index (χ0v) is 13.9. The van der Waals surface area contributed by atoms with Gasteiger partial charge in [-0.05, 0) is 56.0 Å². The van der Waals surface area contributed by atoms with Crippen molar-refractivity contribution < 1.29 is 9.53 Å². The van der Waals surface area contributed by atoms with Crippen molar-refractivity contribution in [3.63, 3.8) is 0 Å². The molecule has 0 radical (unpaired) electrons. The Morgan fingerprint density at radius 1 is 1.04 bits per heavy atom.